The minimum atomic E-state index is -0.882. The lowest BCUT2D eigenvalue weighted by molar-refractivity contribution is -0.132. The van der Waals surface area contributed by atoms with Crippen molar-refractivity contribution in [2.75, 3.05) is 33.3 Å². The van der Waals surface area contributed by atoms with E-state index in [-0.39, 0.29) is 35.8 Å². The summed E-state index contributed by atoms with van der Waals surface area (Å²) in [5.41, 5.74) is 0.693. The van der Waals surface area contributed by atoms with Gasteiger partial charge >= 0.3 is 0 Å². The molecule has 0 spiro atoms. The molecular weight excluding hydrogens is 468 g/mol. The molecule has 3 amide bonds. The largest absolute Gasteiger partial charge is 0.496 e. The van der Waals surface area contributed by atoms with Gasteiger partial charge in [-0.15, -0.1) is 0 Å². The van der Waals surface area contributed by atoms with E-state index in [1.54, 1.807) is 7.11 Å². The molecule has 2 aliphatic rings. The van der Waals surface area contributed by atoms with Gasteiger partial charge in [-0.05, 0) is 43.9 Å². The van der Waals surface area contributed by atoms with Crippen LogP contribution in [0, 0.1) is 17.6 Å². The van der Waals surface area contributed by atoms with Gasteiger partial charge in [0.15, 0.2) is 0 Å². The van der Waals surface area contributed by atoms with Crippen molar-refractivity contribution in [3.8, 4) is 5.75 Å². The van der Waals surface area contributed by atoms with Crippen LogP contribution < -0.4 is 10.1 Å². The number of para-hydroxylation sites is 1. The lowest BCUT2D eigenvalue weighted by atomic mass is 9.94. The molecule has 2 aromatic rings. The number of nitrogens with zero attached hydrogens (tertiary/aromatic N) is 2. The molecule has 0 radical (unpaired) electrons. The summed E-state index contributed by atoms with van der Waals surface area (Å²) in [5, 5.41) is 3.11. The first kappa shape index (κ1) is 25.6. The summed E-state index contributed by atoms with van der Waals surface area (Å²) in [6.45, 7) is 1.83. The van der Waals surface area contributed by atoms with Gasteiger partial charge in [-0.3, -0.25) is 14.4 Å². The molecular formula is C27H31F2N3O4. The number of methoxy groups -OCH3 is 1. The monoisotopic (exact) mass is 499 g/mol. The van der Waals surface area contributed by atoms with Gasteiger partial charge in [0.1, 0.15) is 17.4 Å². The van der Waals surface area contributed by atoms with E-state index < -0.39 is 17.5 Å². The topological polar surface area (TPSA) is 79.0 Å². The first-order valence-electron chi connectivity index (χ1n) is 12.3. The Kier molecular flexibility index (Phi) is 8.18. The number of hydrogen-bond donors (Lipinski definition) is 1. The third kappa shape index (κ3) is 6.01. The van der Waals surface area contributed by atoms with Crippen molar-refractivity contribution >= 4 is 17.7 Å². The van der Waals surface area contributed by atoms with Crippen LogP contribution in [0.25, 0.3) is 0 Å². The van der Waals surface area contributed by atoms with Crippen LogP contribution in [0.2, 0.25) is 0 Å². The van der Waals surface area contributed by atoms with Crippen LogP contribution in [0.1, 0.15) is 41.6 Å². The van der Waals surface area contributed by atoms with Crippen molar-refractivity contribution in [1.82, 2.24) is 15.1 Å². The fourth-order valence-electron chi connectivity index (χ4n) is 4.89. The third-order valence-electron chi connectivity index (χ3n) is 7.04. The average molecular weight is 500 g/mol. The standard InChI is InChI=1S/C27H31F2N3O4/c1-36-24-5-3-2-4-19(24)16-25(33)31-14-10-21(11-15-31)30-26(34)18-8-12-32(13-9-18)27(35)22-7-6-20(28)17-23(22)29/h2-7,17-18,21H,8-16H2,1H3,(H,30,34). The Labute approximate surface area is 209 Å². The minimum absolute atomic E-state index is 0.000726. The van der Waals surface area contributed by atoms with E-state index in [2.05, 4.69) is 5.32 Å². The lowest BCUT2D eigenvalue weighted by Gasteiger charge is -2.35. The summed E-state index contributed by atoms with van der Waals surface area (Å²) < 4.78 is 32.4. The molecule has 2 aromatic carbocycles. The Balaban J connectivity index is 1.21. The van der Waals surface area contributed by atoms with Crippen molar-refractivity contribution < 1.29 is 27.9 Å². The molecule has 2 heterocycles. The van der Waals surface area contributed by atoms with E-state index >= 15 is 0 Å². The van der Waals surface area contributed by atoms with E-state index in [1.807, 2.05) is 29.2 Å². The van der Waals surface area contributed by atoms with Gasteiger partial charge in [0.2, 0.25) is 11.8 Å². The highest BCUT2D eigenvalue weighted by Gasteiger charge is 2.31. The normalized spacial score (nSPS) is 17.1. The summed E-state index contributed by atoms with van der Waals surface area (Å²) in [7, 11) is 1.59. The van der Waals surface area contributed by atoms with Gasteiger partial charge in [-0.2, -0.15) is 0 Å². The number of hydrogen-bond acceptors (Lipinski definition) is 4. The van der Waals surface area contributed by atoms with Crippen LogP contribution in [0.5, 0.6) is 5.75 Å². The molecule has 1 N–H and O–H groups in total. The maximum absolute atomic E-state index is 14.0. The van der Waals surface area contributed by atoms with Crippen molar-refractivity contribution in [2.45, 2.75) is 38.1 Å². The molecule has 192 valence electrons. The van der Waals surface area contributed by atoms with Gasteiger partial charge in [0.25, 0.3) is 5.91 Å². The number of ether oxygens (including phenoxy) is 1. The quantitative estimate of drug-likeness (QED) is 0.662. The van der Waals surface area contributed by atoms with E-state index in [1.165, 1.54) is 4.90 Å². The summed E-state index contributed by atoms with van der Waals surface area (Å²) in [5.74, 6) is -1.64. The van der Waals surface area contributed by atoms with Gasteiger partial charge in [-0.1, -0.05) is 18.2 Å². The van der Waals surface area contributed by atoms with Crippen molar-refractivity contribution in [3.05, 3.63) is 65.2 Å². The second-order valence-electron chi connectivity index (χ2n) is 9.34. The van der Waals surface area contributed by atoms with Gasteiger partial charge in [-0.25, -0.2) is 8.78 Å². The smallest absolute Gasteiger partial charge is 0.256 e. The number of carbonyl (C=O) groups is 3. The maximum atomic E-state index is 14.0. The number of likely N-dealkylation sites (tertiary alicyclic amines) is 2. The highest BCUT2D eigenvalue weighted by atomic mass is 19.1. The number of carbonyl (C=O) groups excluding carboxylic acids is 3. The molecule has 0 saturated carbocycles. The Morgan fingerprint density at radius 3 is 2.28 bits per heavy atom. The van der Waals surface area contributed by atoms with Crippen molar-refractivity contribution in [1.29, 1.82) is 0 Å². The molecule has 4 rings (SSSR count). The van der Waals surface area contributed by atoms with Gasteiger partial charge in [0, 0.05) is 49.8 Å². The van der Waals surface area contributed by atoms with Crippen molar-refractivity contribution in [2.24, 2.45) is 5.92 Å². The number of halogens is 2. The zero-order chi connectivity index (χ0) is 25.7. The Morgan fingerprint density at radius 2 is 1.61 bits per heavy atom. The second kappa shape index (κ2) is 11.5. The zero-order valence-corrected chi connectivity index (χ0v) is 20.3. The highest BCUT2D eigenvalue weighted by Crippen LogP contribution is 2.23. The van der Waals surface area contributed by atoms with Crippen LogP contribution in [0.4, 0.5) is 8.78 Å². The molecule has 0 bridgehead atoms. The highest BCUT2D eigenvalue weighted by molar-refractivity contribution is 5.94. The number of piperidine rings is 2. The van der Waals surface area contributed by atoms with E-state index in [0.717, 1.165) is 17.7 Å². The summed E-state index contributed by atoms with van der Waals surface area (Å²) in [4.78, 5) is 41.5. The van der Waals surface area contributed by atoms with Gasteiger partial charge in [0.05, 0.1) is 19.1 Å². The van der Waals surface area contributed by atoms with Crippen LogP contribution in [0.15, 0.2) is 42.5 Å². The van der Waals surface area contributed by atoms with Crippen molar-refractivity contribution in [3.63, 3.8) is 0 Å². The number of amides is 3. The van der Waals surface area contributed by atoms with E-state index in [4.69, 9.17) is 4.74 Å². The summed E-state index contributed by atoms with van der Waals surface area (Å²) in [6, 6.07) is 10.4. The molecule has 0 aromatic heterocycles. The number of benzene rings is 2. The predicted molar refractivity (Wildman–Crippen MR) is 129 cm³/mol. The SMILES string of the molecule is COc1ccccc1CC(=O)N1CCC(NC(=O)C2CCN(C(=O)c3ccc(F)cc3F)CC2)CC1. The Morgan fingerprint density at radius 1 is 0.944 bits per heavy atom. The number of rotatable bonds is 6. The van der Waals surface area contributed by atoms with E-state index in [0.29, 0.717) is 63.7 Å². The summed E-state index contributed by atoms with van der Waals surface area (Å²) in [6.07, 6.45) is 2.61. The third-order valence-corrected chi connectivity index (χ3v) is 7.04. The fourth-order valence-corrected chi connectivity index (χ4v) is 4.89. The van der Waals surface area contributed by atoms with Crippen LogP contribution >= 0.6 is 0 Å². The second-order valence-corrected chi connectivity index (χ2v) is 9.34. The number of nitrogens with one attached hydrogen (secondary N) is 1. The lowest BCUT2D eigenvalue weighted by Crippen LogP contribution is -2.49. The molecule has 7 nitrogen and oxygen atoms in total. The first-order chi connectivity index (χ1) is 17.4. The zero-order valence-electron chi connectivity index (χ0n) is 20.3. The molecule has 0 unspecified atom stereocenters. The molecule has 2 aliphatic heterocycles. The first-order valence-corrected chi connectivity index (χ1v) is 12.3. The minimum Gasteiger partial charge on any atom is -0.496 e. The molecule has 2 fully saturated rings. The Hall–Kier alpha value is -3.49. The van der Waals surface area contributed by atoms with Gasteiger partial charge < -0.3 is 19.9 Å². The van der Waals surface area contributed by atoms with Crippen LogP contribution in [-0.2, 0) is 16.0 Å². The fraction of sp³-hybridized carbons (Fsp3) is 0.444. The predicted octanol–water partition coefficient (Wildman–Crippen LogP) is 3.18. The molecule has 0 aliphatic carbocycles. The summed E-state index contributed by atoms with van der Waals surface area (Å²) >= 11 is 0. The molecule has 36 heavy (non-hydrogen) atoms. The Bertz CT molecular complexity index is 1110. The van der Waals surface area contributed by atoms with Crippen LogP contribution in [0.3, 0.4) is 0 Å². The maximum Gasteiger partial charge on any atom is 0.256 e. The van der Waals surface area contributed by atoms with E-state index in [9.17, 15) is 23.2 Å². The molecule has 9 heteroatoms. The molecule has 2 saturated heterocycles. The molecule has 0 atom stereocenters. The van der Waals surface area contributed by atoms with Crippen LogP contribution in [-0.4, -0.2) is 66.9 Å². The average Bonchev–Trinajstić information content (AvgIpc) is 2.89.